The molecule has 0 bridgehead atoms. The van der Waals surface area contributed by atoms with E-state index >= 15 is 0 Å². The number of nitrogens with one attached hydrogen (secondary N) is 2. The monoisotopic (exact) mass is 240 g/mol. The molecule has 2 rings (SSSR count). The Morgan fingerprint density at radius 2 is 2.31 bits per heavy atom. The van der Waals surface area contributed by atoms with E-state index in [1.165, 1.54) is 0 Å². The summed E-state index contributed by atoms with van der Waals surface area (Å²) in [4.78, 5) is 18.6. The van der Waals surface area contributed by atoms with Gasteiger partial charge >= 0.3 is 0 Å². The average molecular weight is 241 g/mol. The molecule has 0 aliphatic carbocycles. The summed E-state index contributed by atoms with van der Waals surface area (Å²) in [5, 5.41) is 2.71. The fraction of sp³-hybridized carbons (Fsp3) is 0.200. The Balaban J connectivity index is 0.00000128. The molecule has 1 amide bonds. The van der Waals surface area contributed by atoms with Crippen molar-refractivity contribution in [3.63, 3.8) is 0 Å². The van der Waals surface area contributed by atoms with E-state index in [1.807, 2.05) is 6.07 Å². The molecule has 6 heteroatoms. The first-order valence-corrected chi connectivity index (χ1v) is 4.72. The number of amides is 1. The second-order valence-electron chi connectivity index (χ2n) is 3.18. The van der Waals surface area contributed by atoms with Crippen molar-refractivity contribution in [3.8, 4) is 0 Å². The van der Waals surface area contributed by atoms with Crippen molar-refractivity contribution < 1.29 is 4.79 Å². The second kappa shape index (κ2) is 5.48. The fourth-order valence-corrected chi connectivity index (χ4v) is 1.36. The third kappa shape index (κ3) is 2.50. The van der Waals surface area contributed by atoms with Gasteiger partial charge in [-0.2, -0.15) is 0 Å². The predicted octanol–water partition coefficient (Wildman–Crippen LogP) is 0.673. The maximum atomic E-state index is 11.6. The summed E-state index contributed by atoms with van der Waals surface area (Å²) in [6.45, 7) is 0.928. The number of nitrogens with two attached hydrogens (primary N) is 1. The van der Waals surface area contributed by atoms with Crippen LogP contribution in [0, 0.1) is 0 Å². The van der Waals surface area contributed by atoms with E-state index in [9.17, 15) is 4.79 Å². The maximum absolute atomic E-state index is 11.6. The molecular weight excluding hydrogens is 228 g/mol. The molecule has 0 spiro atoms. The van der Waals surface area contributed by atoms with E-state index in [2.05, 4.69) is 15.3 Å². The lowest BCUT2D eigenvalue weighted by atomic mass is 10.2. The molecule has 2 aromatic rings. The van der Waals surface area contributed by atoms with E-state index < -0.39 is 0 Å². The number of carbonyl (C=O) groups is 1. The number of halogens is 1. The van der Waals surface area contributed by atoms with Crippen LogP contribution in [-0.4, -0.2) is 29.0 Å². The number of H-pyrrole nitrogens is 1. The highest BCUT2D eigenvalue weighted by Crippen LogP contribution is 2.11. The molecule has 0 saturated carbocycles. The highest BCUT2D eigenvalue weighted by atomic mass is 35.5. The number of nitrogens with zero attached hydrogens (tertiary/aromatic N) is 1. The highest BCUT2D eigenvalue weighted by molar-refractivity contribution is 5.97. The summed E-state index contributed by atoms with van der Waals surface area (Å²) >= 11 is 0. The number of aromatic amines is 1. The topological polar surface area (TPSA) is 83.8 Å². The zero-order valence-electron chi connectivity index (χ0n) is 8.56. The molecule has 1 heterocycles. The van der Waals surface area contributed by atoms with Crippen LogP contribution in [0.4, 0.5) is 0 Å². The lowest BCUT2D eigenvalue weighted by molar-refractivity contribution is 0.0955. The van der Waals surface area contributed by atoms with Gasteiger partial charge in [0.15, 0.2) is 0 Å². The first kappa shape index (κ1) is 12.5. The number of aromatic nitrogens is 2. The average Bonchev–Trinajstić information content (AvgIpc) is 2.72. The first-order valence-electron chi connectivity index (χ1n) is 4.72. The van der Waals surface area contributed by atoms with Crippen molar-refractivity contribution in [1.82, 2.24) is 15.3 Å². The van der Waals surface area contributed by atoms with Gasteiger partial charge in [0, 0.05) is 18.7 Å². The lowest BCUT2D eigenvalue weighted by Gasteiger charge is -2.02. The van der Waals surface area contributed by atoms with Gasteiger partial charge in [0.05, 0.1) is 17.4 Å². The van der Waals surface area contributed by atoms with Gasteiger partial charge in [0.2, 0.25) is 0 Å². The number of rotatable bonds is 3. The summed E-state index contributed by atoms with van der Waals surface area (Å²) in [5.41, 5.74) is 7.62. The van der Waals surface area contributed by atoms with Gasteiger partial charge in [-0.05, 0) is 18.2 Å². The number of carbonyl (C=O) groups excluding carboxylic acids is 1. The zero-order valence-corrected chi connectivity index (χ0v) is 9.38. The Labute approximate surface area is 98.8 Å². The van der Waals surface area contributed by atoms with E-state index in [0.29, 0.717) is 18.7 Å². The number of fused-ring (bicyclic) bond motifs is 1. The minimum absolute atomic E-state index is 0. The minimum Gasteiger partial charge on any atom is -0.351 e. The summed E-state index contributed by atoms with van der Waals surface area (Å²) in [6, 6.07) is 5.33. The van der Waals surface area contributed by atoms with Gasteiger partial charge in [-0.25, -0.2) is 4.98 Å². The molecule has 0 atom stereocenters. The van der Waals surface area contributed by atoms with Crippen LogP contribution in [0.3, 0.4) is 0 Å². The molecule has 1 aromatic carbocycles. The summed E-state index contributed by atoms with van der Waals surface area (Å²) < 4.78 is 0. The van der Waals surface area contributed by atoms with Crippen LogP contribution in [0.1, 0.15) is 10.4 Å². The molecule has 5 nitrogen and oxygen atoms in total. The normalized spacial score (nSPS) is 9.81. The molecule has 0 saturated heterocycles. The van der Waals surface area contributed by atoms with Crippen LogP contribution in [0.2, 0.25) is 0 Å². The van der Waals surface area contributed by atoms with Crippen LogP contribution in [-0.2, 0) is 0 Å². The van der Waals surface area contributed by atoms with E-state index in [-0.39, 0.29) is 18.3 Å². The minimum atomic E-state index is -0.114. The van der Waals surface area contributed by atoms with Gasteiger partial charge in [0.1, 0.15) is 0 Å². The molecule has 86 valence electrons. The van der Waals surface area contributed by atoms with Crippen LogP contribution in [0.25, 0.3) is 11.0 Å². The summed E-state index contributed by atoms with van der Waals surface area (Å²) in [7, 11) is 0. The fourth-order valence-electron chi connectivity index (χ4n) is 1.36. The van der Waals surface area contributed by atoms with Crippen molar-refractivity contribution in [2.75, 3.05) is 13.1 Å². The van der Waals surface area contributed by atoms with Gasteiger partial charge < -0.3 is 16.0 Å². The Bertz CT molecular complexity index is 482. The largest absolute Gasteiger partial charge is 0.351 e. The van der Waals surface area contributed by atoms with Crippen LogP contribution in [0.15, 0.2) is 24.5 Å². The Kier molecular flexibility index (Phi) is 4.28. The summed E-state index contributed by atoms with van der Waals surface area (Å²) in [6.07, 6.45) is 1.60. The number of benzene rings is 1. The molecule has 0 aliphatic heterocycles. The Hall–Kier alpha value is -1.59. The van der Waals surface area contributed by atoms with Crippen LogP contribution >= 0.6 is 12.4 Å². The lowest BCUT2D eigenvalue weighted by Crippen LogP contribution is -2.28. The molecule has 0 fully saturated rings. The van der Waals surface area contributed by atoms with Crippen molar-refractivity contribution in [3.05, 3.63) is 30.1 Å². The molecule has 0 unspecified atom stereocenters. The van der Waals surface area contributed by atoms with Gasteiger partial charge in [-0.3, -0.25) is 4.79 Å². The first-order chi connectivity index (χ1) is 7.31. The molecular formula is C10H13ClN4O. The zero-order chi connectivity index (χ0) is 10.7. The van der Waals surface area contributed by atoms with Crippen molar-refractivity contribution in [2.24, 2.45) is 5.73 Å². The van der Waals surface area contributed by atoms with Crippen LogP contribution in [0.5, 0.6) is 0 Å². The third-order valence-electron chi connectivity index (χ3n) is 2.11. The SMILES string of the molecule is Cl.NCCNC(=O)c1ccc2nc[nH]c2c1. The standard InChI is InChI=1S/C10H12N4O.ClH/c11-3-4-12-10(15)7-1-2-8-9(5-7)14-6-13-8;/h1-2,5-6H,3-4,11H2,(H,12,15)(H,13,14);1H. The van der Waals surface area contributed by atoms with E-state index in [4.69, 9.17) is 5.73 Å². The number of hydrogen-bond donors (Lipinski definition) is 3. The molecule has 1 aromatic heterocycles. The smallest absolute Gasteiger partial charge is 0.251 e. The van der Waals surface area contributed by atoms with E-state index in [1.54, 1.807) is 18.5 Å². The maximum Gasteiger partial charge on any atom is 0.251 e. The number of hydrogen-bond acceptors (Lipinski definition) is 3. The molecule has 4 N–H and O–H groups in total. The van der Waals surface area contributed by atoms with Crippen molar-refractivity contribution in [1.29, 1.82) is 0 Å². The molecule has 0 aliphatic rings. The van der Waals surface area contributed by atoms with Crippen LogP contribution < -0.4 is 11.1 Å². The molecule has 16 heavy (non-hydrogen) atoms. The van der Waals surface area contributed by atoms with Crippen molar-refractivity contribution in [2.45, 2.75) is 0 Å². The quantitative estimate of drug-likeness (QED) is 0.738. The third-order valence-corrected chi connectivity index (χ3v) is 2.11. The Morgan fingerprint density at radius 3 is 3.06 bits per heavy atom. The van der Waals surface area contributed by atoms with Gasteiger partial charge in [0.25, 0.3) is 5.91 Å². The summed E-state index contributed by atoms with van der Waals surface area (Å²) in [5.74, 6) is -0.114. The number of imidazole rings is 1. The predicted molar refractivity (Wildman–Crippen MR) is 64.7 cm³/mol. The van der Waals surface area contributed by atoms with Gasteiger partial charge in [-0.1, -0.05) is 0 Å². The molecule has 0 radical (unpaired) electrons. The second-order valence-corrected chi connectivity index (χ2v) is 3.18. The highest BCUT2D eigenvalue weighted by Gasteiger charge is 2.05. The van der Waals surface area contributed by atoms with E-state index in [0.717, 1.165) is 11.0 Å². The Morgan fingerprint density at radius 1 is 1.50 bits per heavy atom. The van der Waals surface area contributed by atoms with Gasteiger partial charge in [-0.15, -0.1) is 12.4 Å². The van der Waals surface area contributed by atoms with Crippen molar-refractivity contribution >= 4 is 29.3 Å².